The van der Waals surface area contributed by atoms with Crippen molar-refractivity contribution in [1.82, 2.24) is 14.9 Å². The first kappa shape index (κ1) is 18.2. The number of benzene rings is 1. The summed E-state index contributed by atoms with van der Waals surface area (Å²) in [5.74, 6) is 0.909. The molecule has 0 atom stereocenters. The van der Waals surface area contributed by atoms with Gasteiger partial charge in [0.2, 0.25) is 0 Å². The van der Waals surface area contributed by atoms with E-state index in [0.717, 1.165) is 5.82 Å². The SMILES string of the molecule is Cc1cnc(CCNC(=O)c2cccc(C#N)c2)n1C1CCCCCC1. The molecule has 1 amide bonds. The number of hydrogen-bond donors (Lipinski definition) is 1. The van der Waals surface area contributed by atoms with Gasteiger partial charge in [0.1, 0.15) is 5.82 Å². The Hall–Kier alpha value is -2.61. The van der Waals surface area contributed by atoms with Gasteiger partial charge in [-0.25, -0.2) is 4.98 Å². The van der Waals surface area contributed by atoms with Crippen LogP contribution in [-0.2, 0) is 6.42 Å². The van der Waals surface area contributed by atoms with Gasteiger partial charge in [0.05, 0.1) is 11.6 Å². The fourth-order valence-corrected chi connectivity index (χ4v) is 3.82. The van der Waals surface area contributed by atoms with Crippen molar-refractivity contribution in [3.05, 3.63) is 53.1 Å². The summed E-state index contributed by atoms with van der Waals surface area (Å²) in [5.41, 5.74) is 2.23. The highest BCUT2D eigenvalue weighted by Crippen LogP contribution is 2.29. The Morgan fingerprint density at radius 1 is 1.31 bits per heavy atom. The van der Waals surface area contributed by atoms with E-state index in [4.69, 9.17) is 5.26 Å². The lowest BCUT2D eigenvalue weighted by molar-refractivity contribution is 0.0954. The van der Waals surface area contributed by atoms with Crippen LogP contribution >= 0.6 is 0 Å². The molecule has 5 nitrogen and oxygen atoms in total. The fourth-order valence-electron chi connectivity index (χ4n) is 3.82. The van der Waals surface area contributed by atoms with Gasteiger partial charge in [-0.1, -0.05) is 31.7 Å². The summed E-state index contributed by atoms with van der Waals surface area (Å²) < 4.78 is 2.38. The molecule has 1 N–H and O–H groups in total. The predicted octanol–water partition coefficient (Wildman–Crippen LogP) is 3.93. The lowest BCUT2D eigenvalue weighted by Crippen LogP contribution is -2.27. The molecular weight excluding hydrogens is 324 g/mol. The smallest absolute Gasteiger partial charge is 0.251 e. The van der Waals surface area contributed by atoms with E-state index in [-0.39, 0.29) is 5.91 Å². The molecule has 1 heterocycles. The van der Waals surface area contributed by atoms with E-state index >= 15 is 0 Å². The zero-order valence-corrected chi connectivity index (χ0v) is 15.4. The minimum atomic E-state index is -0.147. The quantitative estimate of drug-likeness (QED) is 0.831. The zero-order chi connectivity index (χ0) is 18.4. The number of carbonyl (C=O) groups excluding carboxylic acids is 1. The topological polar surface area (TPSA) is 70.7 Å². The molecule has 0 bridgehead atoms. The molecule has 0 spiro atoms. The molecule has 1 aliphatic carbocycles. The van der Waals surface area contributed by atoms with E-state index in [1.54, 1.807) is 24.3 Å². The summed E-state index contributed by atoms with van der Waals surface area (Å²) in [6.45, 7) is 2.66. The fraction of sp³-hybridized carbons (Fsp3) is 0.476. The Balaban J connectivity index is 1.61. The monoisotopic (exact) mass is 350 g/mol. The van der Waals surface area contributed by atoms with Gasteiger partial charge in [-0.3, -0.25) is 4.79 Å². The molecule has 1 fully saturated rings. The van der Waals surface area contributed by atoms with Gasteiger partial charge in [-0.05, 0) is 38.0 Å². The minimum absolute atomic E-state index is 0.147. The highest BCUT2D eigenvalue weighted by atomic mass is 16.1. The second kappa shape index (κ2) is 8.66. The maximum absolute atomic E-state index is 12.3. The number of rotatable bonds is 5. The maximum Gasteiger partial charge on any atom is 0.251 e. The maximum atomic E-state index is 12.3. The van der Waals surface area contributed by atoms with Crippen LogP contribution in [0.3, 0.4) is 0 Å². The Kier molecular flexibility index (Phi) is 6.06. The van der Waals surface area contributed by atoms with Crippen molar-refractivity contribution in [3.8, 4) is 6.07 Å². The van der Waals surface area contributed by atoms with Crippen LogP contribution in [0.15, 0.2) is 30.5 Å². The van der Waals surface area contributed by atoms with E-state index in [1.165, 1.54) is 44.2 Å². The molecule has 1 aromatic carbocycles. The number of aromatic nitrogens is 2. The Morgan fingerprint density at radius 2 is 2.08 bits per heavy atom. The Labute approximate surface area is 155 Å². The number of amides is 1. The van der Waals surface area contributed by atoms with Gasteiger partial charge < -0.3 is 9.88 Å². The van der Waals surface area contributed by atoms with Crippen LogP contribution in [0.2, 0.25) is 0 Å². The Bertz CT molecular complexity index is 795. The molecule has 0 radical (unpaired) electrons. The number of carbonyl (C=O) groups is 1. The van der Waals surface area contributed by atoms with E-state index in [0.29, 0.717) is 30.1 Å². The van der Waals surface area contributed by atoms with Gasteiger partial charge in [-0.15, -0.1) is 0 Å². The van der Waals surface area contributed by atoms with E-state index in [1.807, 2.05) is 6.20 Å². The van der Waals surface area contributed by atoms with Crippen LogP contribution in [0.1, 0.15) is 72.0 Å². The van der Waals surface area contributed by atoms with Gasteiger partial charge in [0, 0.05) is 36.5 Å². The average Bonchev–Trinajstić information content (AvgIpc) is 2.86. The van der Waals surface area contributed by atoms with Crippen LogP contribution < -0.4 is 5.32 Å². The summed E-state index contributed by atoms with van der Waals surface area (Å²) in [5, 5.41) is 11.9. The lowest BCUT2D eigenvalue weighted by atomic mass is 10.1. The normalized spacial score (nSPS) is 15.2. The number of nitrogens with zero attached hydrogens (tertiary/aromatic N) is 3. The molecule has 2 aromatic rings. The number of aryl methyl sites for hydroxylation is 1. The molecular formula is C21H26N4O. The third-order valence-electron chi connectivity index (χ3n) is 5.14. The Morgan fingerprint density at radius 3 is 2.81 bits per heavy atom. The van der Waals surface area contributed by atoms with Gasteiger partial charge in [0.25, 0.3) is 5.91 Å². The van der Waals surface area contributed by atoms with E-state index < -0.39 is 0 Å². The van der Waals surface area contributed by atoms with Crippen LogP contribution in [0.25, 0.3) is 0 Å². The van der Waals surface area contributed by atoms with Crippen molar-refractivity contribution in [2.24, 2.45) is 0 Å². The van der Waals surface area contributed by atoms with Crippen LogP contribution in [-0.4, -0.2) is 22.0 Å². The second-order valence-electron chi connectivity index (χ2n) is 7.03. The summed E-state index contributed by atoms with van der Waals surface area (Å²) >= 11 is 0. The van der Waals surface area contributed by atoms with Gasteiger partial charge in [-0.2, -0.15) is 5.26 Å². The lowest BCUT2D eigenvalue weighted by Gasteiger charge is -2.21. The van der Waals surface area contributed by atoms with Crippen molar-refractivity contribution in [2.45, 2.75) is 57.9 Å². The van der Waals surface area contributed by atoms with Gasteiger partial charge in [0.15, 0.2) is 0 Å². The first-order valence-corrected chi connectivity index (χ1v) is 9.50. The largest absolute Gasteiger partial charge is 0.352 e. The summed E-state index contributed by atoms with van der Waals surface area (Å²) in [7, 11) is 0. The van der Waals surface area contributed by atoms with Crippen molar-refractivity contribution >= 4 is 5.91 Å². The highest BCUT2D eigenvalue weighted by molar-refractivity contribution is 5.94. The highest BCUT2D eigenvalue weighted by Gasteiger charge is 2.19. The third kappa shape index (κ3) is 4.32. The molecule has 1 aliphatic rings. The molecule has 0 unspecified atom stereocenters. The van der Waals surface area contributed by atoms with E-state index in [2.05, 4.69) is 27.9 Å². The standard InChI is InChI=1S/C21H26N4O/c1-16-15-24-20(25(16)19-9-4-2-3-5-10-19)11-12-23-21(26)18-8-6-7-17(13-18)14-22/h6-8,13,15,19H,2-5,9-12H2,1H3,(H,23,26). The minimum Gasteiger partial charge on any atom is -0.352 e. The molecule has 3 rings (SSSR count). The predicted molar refractivity (Wildman–Crippen MR) is 101 cm³/mol. The number of nitriles is 1. The van der Waals surface area contributed by atoms with Crippen molar-refractivity contribution in [2.75, 3.05) is 6.54 Å². The number of nitrogens with one attached hydrogen (secondary N) is 1. The van der Waals surface area contributed by atoms with Crippen LogP contribution in [0.4, 0.5) is 0 Å². The zero-order valence-electron chi connectivity index (χ0n) is 15.4. The first-order valence-electron chi connectivity index (χ1n) is 9.50. The molecule has 1 saturated carbocycles. The number of imidazole rings is 1. The van der Waals surface area contributed by atoms with E-state index in [9.17, 15) is 4.79 Å². The molecule has 0 aliphatic heterocycles. The summed E-state index contributed by atoms with van der Waals surface area (Å²) in [4.78, 5) is 16.9. The molecule has 0 saturated heterocycles. The summed E-state index contributed by atoms with van der Waals surface area (Å²) in [6, 6.07) is 9.38. The molecule has 5 heteroatoms. The van der Waals surface area contributed by atoms with Crippen LogP contribution in [0, 0.1) is 18.3 Å². The van der Waals surface area contributed by atoms with Crippen molar-refractivity contribution < 1.29 is 4.79 Å². The first-order chi connectivity index (χ1) is 12.7. The molecule has 136 valence electrons. The number of hydrogen-bond acceptors (Lipinski definition) is 3. The molecule has 1 aromatic heterocycles. The van der Waals surface area contributed by atoms with Crippen molar-refractivity contribution in [1.29, 1.82) is 5.26 Å². The average molecular weight is 350 g/mol. The van der Waals surface area contributed by atoms with Crippen LogP contribution in [0.5, 0.6) is 0 Å². The van der Waals surface area contributed by atoms with Gasteiger partial charge >= 0.3 is 0 Å². The van der Waals surface area contributed by atoms with Crippen molar-refractivity contribution in [3.63, 3.8) is 0 Å². The summed E-state index contributed by atoms with van der Waals surface area (Å²) in [6.07, 6.45) is 10.3. The second-order valence-corrected chi connectivity index (χ2v) is 7.03. The molecule has 26 heavy (non-hydrogen) atoms. The third-order valence-corrected chi connectivity index (χ3v) is 5.14.